The Morgan fingerprint density at radius 2 is 1.94 bits per heavy atom. The van der Waals surface area contributed by atoms with E-state index in [1.807, 2.05) is 12.1 Å². The van der Waals surface area contributed by atoms with E-state index >= 15 is 0 Å². The van der Waals surface area contributed by atoms with Crippen LogP contribution in [0, 0.1) is 0 Å². The second-order valence-corrected chi connectivity index (χ2v) is 5.69. The predicted molar refractivity (Wildman–Crippen MR) is 75.8 cm³/mol. The molecule has 2 rings (SSSR count). The summed E-state index contributed by atoms with van der Waals surface area (Å²) in [5.41, 5.74) is 0.644. The fourth-order valence-corrected chi connectivity index (χ4v) is 2.76. The van der Waals surface area contributed by atoms with Crippen LogP contribution in [0.25, 0.3) is 0 Å². The third kappa shape index (κ3) is 3.26. The molecule has 1 aromatic heterocycles. The lowest BCUT2D eigenvalue weighted by atomic mass is 10.2. The van der Waals surface area contributed by atoms with E-state index in [4.69, 9.17) is 39.3 Å². The van der Waals surface area contributed by atoms with Crippen LogP contribution in [-0.2, 0) is 11.5 Å². The molecule has 0 amide bonds. The zero-order chi connectivity index (χ0) is 13.1. The van der Waals surface area contributed by atoms with E-state index in [0.717, 1.165) is 11.3 Å². The Balaban J connectivity index is 1.94. The second kappa shape index (κ2) is 6.06. The normalized spacial score (nSPS) is 10.8. The highest BCUT2D eigenvalue weighted by molar-refractivity contribution is 7.97. The van der Waals surface area contributed by atoms with Crippen LogP contribution in [0.15, 0.2) is 27.5 Å². The molecule has 0 aliphatic rings. The number of hydrogen-bond acceptors (Lipinski definition) is 3. The summed E-state index contributed by atoms with van der Waals surface area (Å²) in [6.45, 7) is 0. The summed E-state index contributed by atoms with van der Waals surface area (Å²) in [5, 5.41) is 3.36. The second-order valence-electron chi connectivity index (χ2n) is 3.51. The average Bonchev–Trinajstić information content (AvgIpc) is 2.66. The Morgan fingerprint density at radius 1 is 1.17 bits per heavy atom. The highest BCUT2D eigenvalue weighted by atomic mass is 35.5. The van der Waals surface area contributed by atoms with Crippen LogP contribution < -0.4 is 5.56 Å². The summed E-state index contributed by atoms with van der Waals surface area (Å²) in [5.74, 6) is 1.69. The first-order valence-corrected chi connectivity index (χ1v) is 7.24. The number of aromatic amines is 1. The Hall–Kier alpha value is -0.550. The standard InChI is InChI=1S/C11H8Cl3NO2S/c12-7-2-1-6(3-8(7)13)4-18-5-9-10(14)11(16)15-17-9/h1-3H,4-5H2,(H,15,16). The van der Waals surface area contributed by atoms with E-state index in [1.54, 1.807) is 17.8 Å². The number of halogens is 3. The van der Waals surface area contributed by atoms with Gasteiger partial charge in [-0.15, -0.1) is 11.8 Å². The molecule has 0 aliphatic heterocycles. The maximum Gasteiger partial charge on any atom is 0.298 e. The smallest absolute Gasteiger partial charge is 0.298 e. The molecule has 1 heterocycles. The third-order valence-electron chi connectivity index (χ3n) is 2.20. The van der Waals surface area contributed by atoms with Gasteiger partial charge in [-0.25, -0.2) is 0 Å². The molecule has 0 saturated heterocycles. The minimum Gasteiger partial charge on any atom is -0.381 e. The molecule has 0 radical (unpaired) electrons. The average molecular weight is 325 g/mol. The van der Waals surface area contributed by atoms with Crippen molar-refractivity contribution in [2.75, 3.05) is 0 Å². The van der Waals surface area contributed by atoms with Gasteiger partial charge in [0.25, 0.3) is 5.56 Å². The molecular formula is C11H8Cl3NO2S. The van der Waals surface area contributed by atoms with Gasteiger partial charge in [0, 0.05) is 5.75 Å². The molecule has 2 aromatic rings. The number of rotatable bonds is 4. The minimum absolute atomic E-state index is 0.108. The molecule has 7 heteroatoms. The maximum absolute atomic E-state index is 11.0. The molecule has 96 valence electrons. The van der Waals surface area contributed by atoms with Gasteiger partial charge in [-0.3, -0.25) is 4.79 Å². The topological polar surface area (TPSA) is 46.0 Å². The van der Waals surface area contributed by atoms with Crippen molar-refractivity contribution < 1.29 is 4.52 Å². The highest BCUT2D eigenvalue weighted by Crippen LogP contribution is 2.26. The number of H-pyrrole nitrogens is 1. The van der Waals surface area contributed by atoms with E-state index in [2.05, 4.69) is 5.16 Å². The SMILES string of the molecule is O=c1[nH]oc(CSCc2ccc(Cl)c(Cl)c2)c1Cl. The monoisotopic (exact) mass is 323 g/mol. The minimum atomic E-state index is -0.401. The lowest BCUT2D eigenvalue weighted by Gasteiger charge is -2.02. The van der Waals surface area contributed by atoms with E-state index < -0.39 is 5.56 Å². The van der Waals surface area contributed by atoms with E-state index in [0.29, 0.717) is 21.6 Å². The molecule has 1 aromatic carbocycles. The summed E-state index contributed by atoms with van der Waals surface area (Å²) in [6.07, 6.45) is 0. The number of aromatic nitrogens is 1. The van der Waals surface area contributed by atoms with Crippen LogP contribution in [0.2, 0.25) is 15.1 Å². The van der Waals surface area contributed by atoms with E-state index in [-0.39, 0.29) is 5.02 Å². The first-order valence-electron chi connectivity index (χ1n) is 4.95. The molecule has 0 atom stereocenters. The van der Waals surface area contributed by atoms with Crippen LogP contribution in [0.3, 0.4) is 0 Å². The van der Waals surface area contributed by atoms with Gasteiger partial charge >= 0.3 is 0 Å². The Kier molecular flexibility index (Phi) is 4.67. The molecule has 0 aliphatic carbocycles. The number of thioether (sulfide) groups is 1. The zero-order valence-electron chi connectivity index (χ0n) is 9.00. The van der Waals surface area contributed by atoms with Crippen molar-refractivity contribution in [1.29, 1.82) is 0 Å². The van der Waals surface area contributed by atoms with Gasteiger partial charge in [0.1, 0.15) is 0 Å². The summed E-state index contributed by atoms with van der Waals surface area (Å²) in [4.78, 5) is 11.0. The molecule has 18 heavy (non-hydrogen) atoms. The molecule has 3 nitrogen and oxygen atoms in total. The Labute approximate surface area is 122 Å². The maximum atomic E-state index is 11.0. The van der Waals surface area contributed by atoms with E-state index in [1.165, 1.54) is 0 Å². The van der Waals surface area contributed by atoms with Gasteiger partial charge in [0.2, 0.25) is 0 Å². The van der Waals surface area contributed by atoms with Crippen molar-refractivity contribution >= 4 is 46.6 Å². The van der Waals surface area contributed by atoms with Crippen LogP contribution in [-0.4, -0.2) is 5.16 Å². The lowest BCUT2D eigenvalue weighted by molar-refractivity contribution is 0.390. The quantitative estimate of drug-likeness (QED) is 0.909. The summed E-state index contributed by atoms with van der Waals surface area (Å²) >= 11 is 19.0. The van der Waals surface area contributed by atoms with Crippen molar-refractivity contribution in [3.63, 3.8) is 0 Å². The van der Waals surface area contributed by atoms with Crippen molar-refractivity contribution in [1.82, 2.24) is 5.16 Å². The summed E-state index contributed by atoms with van der Waals surface area (Å²) in [6, 6.07) is 5.46. The molecule has 0 bridgehead atoms. The van der Waals surface area contributed by atoms with Crippen molar-refractivity contribution in [2.24, 2.45) is 0 Å². The number of benzene rings is 1. The first kappa shape index (κ1) is 13.9. The molecule has 0 saturated carbocycles. The van der Waals surface area contributed by atoms with Crippen LogP contribution in [0.4, 0.5) is 0 Å². The Bertz CT molecular complexity index is 609. The molecule has 0 fully saturated rings. The molecule has 0 spiro atoms. The fraction of sp³-hybridized carbons (Fsp3) is 0.182. The molecular weight excluding hydrogens is 317 g/mol. The van der Waals surface area contributed by atoms with Gasteiger partial charge in [0.15, 0.2) is 10.8 Å². The largest absolute Gasteiger partial charge is 0.381 e. The van der Waals surface area contributed by atoms with Gasteiger partial charge in [-0.2, -0.15) is 5.16 Å². The van der Waals surface area contributed by atoms with Gasteiger partial charge in [0.05, 0.1) is 15.8 Å². The van der Waals surface area contributed by atoms with Gasteiger partial charge < -0.3 is 4.52 Å². The van der Waals surface area contributed by atoms with Crippen molar-refractivity contribution in [3.8, 4) is 0 Å². The zero-order valence-corrected chi connectivity index (χ0v) is 12.1. The van der Waals surface area contributed by atoms with Crippen LogP contribution in [0.5, 0.6) is 0 Å². The molecule has 0 unspecified atom stereocenters. The van der Waals surface area contributed by atoms with Crippen molar-refractivity contribution in [2.45, 2.75) is 11.5 Å². The summed E-state index contributed by atoms with van der Waals surface area (Å²) < 4.78 is 4.94. The Morgan fingerprint density at radius 3 is 2.56 bits per heavy atom. The number of hydrogen-bond donors (Lipinski definition) is 1. The predicted octanol–water partition coefficient (Wildman–Crippen LogP) is 4.36. The van der Waals surface area contributed by atoms with Gasteiger partial charge in [-0.1, -0.05) is 40.9 Å². The van der Waals surface area contributed by atoms with E-state index in [9.17, 15) is 4.79 Å². The van der Waals surface area contributed by atoms with Gasteiger partial charge in [-0.05, 0) is 17.7 Å². The van der Waals surface area contributed by atoms with Crippen LogP contribution >= 0.6 is 46.6 Å². The fourth-order valence-electron chi connectivity index (χ4n) is 1.31. The first-order chi connectivity index (χ1) is 8.58. The van der Waals surface area contributed by atoms with Crippen LogP contribution in [0.1, 0.15) is 11.3 Å². The summed E-state index contributed by atoms with van der Waals surface area (Å²) in [7, 11) is 0. The van der Waals surface area contributed by atoms with Crippen molar-refractivity contribution in [3.05, 3.63) is 54.9 Å². The highest BCUT2D eigenvalue weighted by Gasteiger charge is 2.09. The number of nitrogens with one attached hydrogen (secondary N) is 1. The lowest BCUT2D eigenvalue weighted by Crippen LogP contribution is -1.96. The third-order valence-corrected chi connectivity index (χ3v) is 4.32. The molecule has 1 N–H and O–H groups in total.